The van der Waals surface area contributed by atoms with Crippen molar-refractivity contribution in [2.24, 2.45) is 0 Å². The second-order valence-corrected chi connectivity index (χ2v) is 4.34. The first-order valence-corrected chi connectivity index (χ1v) is 5.70. The summed E-state index contributed by atoms with van der Waals surface area (Å²) in [4.78, 5) is 2.18. The lowest BCUT2D eigenvalue weighted by Crippen LogP contribution is -2.19. The smallest absolute Gasteiger partial charge is 0.0601 e. The standard InChI is InChI=1S/C12H19ClN2/c1-4-5-6-15(3)12-7-9(2)10(13)8-11(12)14/h7-8H,4-6,14H2,1-3H3. The van der Waals surface area contributed by atoms with E-state index in [2.05, 4.69) is 18.9 Å². The van der Waals surface area contributed by atoms with Gasteiger partial charge >= 0.3 is 0 Å². The molecule has 0 aliphatic heterocycles. The largest absolute Gasteiger partial charge is 0.397 e. The highest BCUT2D eigenvalue weighted by Gasteiger charge is 2.07. The van der Waals surface area contributed by atoms with E-state index in [1.165, 1.54) is 12.8 Å². The van der Waals surface area contributed by atoms with E-state index in [0.29, 0.717) is 0 Å². The number of nitrogens with two attached hydrogens (primary N) is 1. The van der Waals surface area contributed by atoms with Gasteiger partial charge in [-0.2, -0.15) is 0 Å². The van der Waals surface area contributed by atoms with Crippen LogP contribution in [0, 0.1) is 6.92 Å². The molecule has 0 unspecified atom stereocenters. The maximum absolute atomic E-state index is 6.00. The van der Waals surface area contributed by atoms with Crippen LogP contribution in [-0.2, 0) is 0 Å². The van der Waals surface area contributed by atoms with Gasteiger partial charge < -0.3 is 10.6 Å². The number of rotatable bonds is 4. The Bertz CT molecular complexity index is 337. The molecule has 1 aromatic rings. The zero-order valence-corrected chi connectivity index (χ0v) is 10.4. The van der Waals surface area contributed by atoms with Crippen LogP contribution in [0.2, 0.25) is 5.02 Å². The van der Waals surface area contributed by atoms with Crippen molar-refractivity contribution < 1.29 is 0 Å². The van der Waals surface area contributed by atoms with Gasteiger partial charge in [-0.3, -0.25) is 0 Å². The highest BCUT2D eigenvalue weighted by molar-refractivity contribution is 6.31. The second kappa shape index (κ2) is 5.26. The lowest BCUT2D eigenvalue weighted by Gasteiger charge is -2.21. The molecule has 0 atom stereocenters. The Morgan fingerprint density at radius 1 is 1.40 bits per heavy atom. The molecule has 2 nitrogen and oxygen atoms in total. The minimum Gasteiger partial charge on any atom is -0.397 e. The topological polar surface area (TPSA) is 29.3 Å². The van der Waals surface area contributed by atoms with Crippen LogP contribution in [0.15, 0.2) is 12.1 Å². The lowest BCUT2D eigenvalue weighted by atomic mass is 10.1. The number of nitrogen functional groups attached to an aromatic ring is 1. The Morgan fingerprint density at radius 3 is 2.67 bits per heavy atom. The van der Waals surface area contributed by atoms with E-state index in [4.69, 9.17) is 17.3 Å². The molecule has 0 heterocycles. The minimum atomic E-state index is 0.736. The van der Waals surface area contributed by atoms with E-state index in [1.54, 1.807) is 0 Å². The summed E-state index contributed by atoms with van der Waals surface area (Å²) >= 11 is 6.00. The van der Waals surface area contributed by atoms with E-state index in [0.717, 1.165) is 28.5 Å². The predicted octanol–water partition coefficient (Wildman–Crippen LogP) is 3.47. The van der Waals surface area contributed by atoms with E-state index in [-0.39, 0.29) is 0 Å². The fourth-order valence-electron chi connectivity index (χ4n) is 1.53. The molecule has 0 aliphatic carbocycles. The first-order valence-electron chi connectivity index (χ1n) is 5.33. The molecular formula is C12H19ClN2. The maximum atomic E-state index is 6.00. The number of hydrogen-bond acceptors (Lipinski definition) is 2. The first-order chi connectivity index (χ1) is 7.06. The van der Waals surface area contributed by atoms with Gasteiger partial charge in [-0.15, -0.1) is 0 Å². The lowest BCUT2D eigenvalue weighted by molar-refractivity contribution is 0.767. The van der Waals surface area contributed by atoms with Crippen molar-refractivity contribution in [2.75, 3.05) is 24.2 Å². The van der Waals surface area contributed by atoms with Crippen LogP contribution in [0.3, 0.4) is 0 Å². The van der Waals surface area contributed by atoms with Gasteiger partial charge in [-0.05, 0) is 31.0 Å². The number of aryl methyl sites for hydroxylation is 1. The maximum Gasteiger partial charge on any atom is 0.0601 e. The molecule has 0 saturated carbocycles. The van der Waals surface area contributed by atoms with Crippen LogP contribution in [0.4, 0.5) is 11.4 Å². The first kappa shape index (κ1) is 12.2. The number of unbranched alkanes of at least 4 members (excludes halogenated alkanes) is 1. The molecule has 0 amide bonds. The predicted molar refractivity (Wildman–Crippen MR) is 68.8 cm³/mol. The van der Waals surface area contributed by atoms with Gasteiger partial charge in [0.05, 0.1) is 11.4 Å². The summed E-state index contributed by atoms with van der Waals surface area (Å²) in [6, 6.07) is 3.88. The average Bonchev–Trinajstić information content (AvgIpc) is 2.20. The van der Waals surface area contributed by atoms with Gasteiger partial charge in [-0.1, -0.05) is 24.9 Å². The Balaban J connectivity index is 2.88. The molecule has 0 fully saturated rings. The van der Waals surface area contributed by atoms with Crippen molar-refractivity contribution >= 4 is 23.0 Å². The number of anilines is 2. The van der Waals surface area contributed by atoms with Crippen LogP contribution in [0.25, 0.3) is 0 Å². The van der Waals surface area contributed by atoms with Crippen molar-refractivity contribution in [2.45, 2.75) is 26.7 Å². The fourth-order valence-corrected chi connectivity index (χ4v) is 1.70. The zero-order chi connectivity index (χ0) is 11.4. The van der Waals surface area contributed by atoms with Crippen molar-refractivity contribution in [1.29, 1.82) is 0 Å². The van der Waals surface area contributed by atoms with Crippen LogP contribution < -0.4 is 10.6 Å². The Hall–Kier alpha value is -0.890. The highest BCUT2D eigenvalue weighted by atomic mass is 35.5. The van der Waals surface area contributed by atoms with Crippen molar-refractivity contribution in [3.8, 4) is 0 Å². The number of benzene rings is 1. The van der Waals surface area contributed by atoms with E-state index in [1.807, 2.05) is 19.1 Å². The summed E-state index contributed by atoms with van der Waals surface area (Å²) in [7, 11) is 2.06. The molecule has 3 heteroatoms. The number of halogens is 1. The van der Waals surface area contributed by atoms with Gasteiger partial charge in [0.2, 0.25) is 0 Å². The average molecular weight is 227 g/mol. The molecular weight excluding hydrogens is 208 g/mol. The summed E-state index contributed by atoms with van der Waals surface area (Å²) in [5.74, 6) is 0. The molecule has 0 aromatic heterocycles. The molecule has 0 saturated heterocycles. The van der Waals surface area contributed by atoms with Gasteiger partial charge in [0.25, 0.3) is 0 Å². The van der Waals surface area contributed by atoms with Crippen LogP contribution in [-0.4, -0.2) is 13.6 Å². The van der Waals surface area contributed by atoms with Crippen molar-refractivity contribution in [3.63, 3.8) is 0 Å². The quantitative estimate of drug-likeness (QED) is 0.797. The third-order valence-corrected chi connectivity index (χ3v) is 2.97. The minimum absolute atomic E-state index is 0.736. The number of hydrogen-bond donors (Lipinski definition) is 1. The Kier molecular flexibility index (Phi) is 4.28. The summed E-state index contributed by atoms with van der Waals surface area (Å²) < 4.78 is 0. The third-order valence-electron chi connectivity index (χ3n) is 2.57. The van der Waals surface area contributed by atoms with Crippen LogP contribution >= 0.6 is 11.6 Å². The molecule has 2 N–H and O–H groups in total. The molecule has 1 aromatic carbocycles. The van der Waals surface area contributed by atoms with Gasteiger partial charge in [0, 0.05) is 18.6 Å². The summed E-state index contributed by atoms with van der Waals surface area (Å²) in [5.41, 5.74) is 8.84. The normalized spacial score (nSPS) is 10.4. The molecule has 0 spiro atoms. The van der Waals surface area contributed by atoms with E-state index in [9.17, 15) is 0 Å². The number of nitrogens with zero attached hydrogens (tertiary/aromatic N) is 1. The van der Waals surface area contributed by atoms with E-state index < -0.39 is 0 Å². The van der Waals surface area contributed by atoms with E-state index >= 15 is 0 Å². The summed E-state index contributed by atoms with van der Waals surface area (Å²) in [6.07, 6.45) is 2.37. The summed E-state index contributed by atoms with van der Waals surface area (Å²) in [5, 5.41) is 0.736. The SMILES string of the molecule is CCCCN(C)c1cc(C)c(Cl)cc1N. The molecule has 84 valence electrons. The van der Waals surface area contributed by atoms with Gasteiger partial charge in [0.15, 0.2) is 0 Å². The third kappa shape index (κ3) is 3.03. The summed E-state index contributed by atoms with van der Waals surface area (Å²) in [6.45, 7) is 5.21. The highest BCUT2D eigenvalue weighted by Crippen LogP contribution is 2.29. The van der Waals surface area contributed by atoms with Crippen molar-refractivity contribution in [3.05, 3.63) is 22.7 Å². The monoisotopic (exact) mass is 226 g/mol. The molecule has 0 radical (unpaired) electrons. The fraction of sp³-hybridized carbons (Fsp3) is 0.500. The van der Waals surface area contributed by atoms with Crippen molar-refractivity contribution in [1.82, 2.24) is 0 Å². The molecule has 15 heavy (non-hydrogen) atoms. The molecule has 0 bridgehead atoms. The van der Waals surface area contributed by atoms with Gasteiger partial charge in [-0.25, -0.2) is 0 Å². The molecule has 0 aliphatic rings. The molecule has 1 rings (SSSR count). The van der Waals surface area contributed by atoms with Crippen LogP contribution in [0.1, 0.15) is 25.3 Å². The van der Waals surface area contributed by atoms with Gasteiger partial charge in [0.1, 0.15) is 0 Å². The van der Waals surface area contributed by atoms with Crippen LogP contribution in [0.5, 0.6) is 0 Å². The Morgan fingerprint density at radius 2 is 2.07 bits per heavy atom. The zero-order valence-electron chi connectivity index (χ0n) is 9.68. The Labute approximate surface area is 97.0 Å². The second-order valence-electron chi connectivity index (χ2n) is 3.94.